The number of carbonyl (C=O) groups excluding carboxylic acids is 1. The second-order valence-corrected chi connectivity index (χ2v) is 6.91. The average Bonchev–Trinajstić information content (AvgIpc) is 2.97. The fourth-order valence-corrected chi connectivity index (χ4v) is 4.01. The van der Waals surface area contributed by atoms with Crippen molar-refractivity contribution in [3.63, 3.8) is 0 Å². The van der Waals surface area contributed by atoms with Gasteiger partial charge in [-0.05, 0) is 49.8 Å². The van der Waals surface area contributed by atoms with Crippen molar-refractivity contribution in [2.24, 2.45) is 0 Å². The predicted octanol–water partition coefficient (Wildman–Crippen LogP) is 2.04. The molecule has 0 radical (unpaired) electrons. The third-order valence-corrected chi connectivity index (χ3v) is 5.20. The van der Waals surface area contributed by atoms with Crippen molar-refractivity contribution >= 4 is 5.91 Å². The zero-order valence-electron chi connectivity index (χ0n) is 15.3. The Labute approximate surface area is 149 Å². The molecule has 1 amide bonds. The molecule has 6 nitrogen and oxygen atoms in total. The lowest BCUT2D eigenvalue weighted by Crippen LogP contribution is -2.48. The van der Waals surface area contributed by atoms with E-state index in [1.807, 2.05) is 12.1 Å². The number of hydrogen-bond donors (Lipinski definition) is 2. The number of ether oxygens (including phenoxy) is 3. The summed E-state index contributed by atoms with van der Waals surface area (Å²) in [6.45, 7) is 0. The molecule has 1 aromatic rings. The molecular weight excluding hydrogens is 320 g/mol. The lowest BCUT2D eigenvalue weighted by molar-refractivity contribution is -0.122. The monoisotopic (exact) mass is 348 g/mol. The molecule has 2 fully saturated rings. The minimum atomic E-state index is 0.111. The number of hydrogen-bond acceptors (Lipinski definition) is 5. The van der Waals surface area contributed by atoms with Crippen molar-refractivity contribution in [2.75, 3.05) is 21.3 Å². The van der Waals surface area contributed by atoms with Gasteiger partial charge in [0.1, 0.15) is 0 Å². The van der Waals surface area contributed by atoms with Gasteiger partial charge in [0.05, 0.1) is 21.3 Å². The number of aryl methyl sites for hydroxylation is 1. The molecule has 0 saturated carbocycles. The first-order chi connectivity index (χ1) is 12.1. The van der Waals surface area contributed by atoms with Crippen LogP contribution in [0.4, 0.5) is 0 Å². The molecule has 2 unspecified atom stereocenters. The summed E-state index contributed by atoms with van der Waals surface area (Å²) in [6, 6.07) is 5.28. The third kappa shape index (κ3) is 4.18. The number of piperidine rings is 1. The Morgan fingerprint density at radius 3 is 2.20 bits per heavy atom. The maximum Gasteiger partial charge on any atom is 0.220 e. The van der Waals surface area contributed by atoms with Gasteiger partial charge in [-0.25, -0.2) is 0 Å². The molecule has 1 aromatic carbocycles. The summed E-state index contributed by atoms with van der Waals surface area (Å²) < 4.78 is 16.1. The van der Waals surface area contributed by atoms with Gasteiger partial charge in [-0.3, -0.25) is 4.79 Å². The molecule has 0 spiro atoms. The molecule has 6 heteroatoms. The first-order valence-electron chi connectivity index (χ1n) is 8.97. The Kier molecular flexibility index (Phi) is 5.68. The lowest BCUT2D eigenvalue weighted by atomic mass is 9.99. The zero-order chi connectivity index (χ0) is 17.8. The molecule has 2 aliphatic rings. The van der Waals surface area contributed by atoms with Gasteiger partial charge in [-0.2, -0.15) is 0 Å². The molecule has 138 valence electrons. The van der Waals surface area contributed by atoms with Crippen LogP contribution >= 0.6 is 0 Å². The van der Waals surface area contributed by atoms with Gasteiger partial charge in [-0.15, -0.1) is 0 Å². The quantitative estimate of drug-likeness (QED) is 0.789. The largest absolute Gasteiger partial charge is 0.493 e. The minimum absolute atomic E-state index is 0.111. The number of benzene rings is 1. The highest BCUT2D eigenvalue weighted by molar-refractivity contribution is 5.76. The number of rotatable bonds is 7. The smallest absolute Gasteiger partial charge is 0.220 e. The van der Waals surface area contributed by atoms with Crippen LogP contribution in [0.15, 0.2) is 12.1 Å². The summed E-state index contributed by atoms with van der Waals surface area (Å²) in [5.41, 5.74) is 0.995. The van der Waals surface area contributed by atoms with Crippen LogP contribution in [0.2, 0.25) is 0 Å². The Morgan fingerprint density at radius 1 is 1.08 bits per heavy atom. The van der Waals surface area contributed by atoms with Crippen LogP contribution in [-0.4, -0.2) is 45.4 Å². The van der Waals surface area contributed by atoms with Crippen molar-refractivity contribution in [1.82, 2.24) is 10.6 Å². The molecule has 2 bridgehead atoms. The predicted molar refractivity (Wildman–Crippen MR) is 95.5 cm³/mol. The van der Waals surface area contributed by atoms with Gasteiger partial charge in [-0.1, -0.05) is 0 Å². The van der Waals surface area contributed by atoms with Crippen LogP contribution in [0.25, 0.3) is 0 Å². The minimum Gasteiger partial charge on any atom is -0.493 e. The highest BCUT2D eigenvalue weighted by Gasteiger charge is 2.33. The van der Waals surface area contributed by atoms with Crippen LogP contribution in [-0.2, 0) is 11.2 Å². The number of fused-ring (bicyclic) bond motifs is 2. The van der Waals surface area contributed by atoms with Gasteiger partial charge < -0.3 is 24.8 Å². The van der Waals surface area contributed by atoms with Crippen LogP contribution in [0, 0.1) is 0 Å². The summed E-state index contributed by atoms with van der Waals surface area (Å²) in [5, 5.41) is 6.80. The zero-order valence-corrected chi connectivity index (χ0v) is 15.3. The SMILES string of the molecule is COc1cc(CCC(=O)NC2CC3CCC(C2)N3)cc(OC)c1OC. The molecule has 2 atom stereocenters. The fraction of sp³-hybridized carbons (Fsp3) is 0.632. The molecule has 2 N–H and O–H groups in total. The first kappa shape index (κ1) is 17.9. The molecule has 0 aromatic heterocycles. The van der Waals surface area contributed by atoms with E-state index in [1.165, 1.54) is 12.8 Å². The summed E-state index contributed by atoms with van der Waals surface area (Å²) in [6.07, 6.45) is 5.67. The van der Waals surface area contributed by atoms with Crippen LogP contribution < -0.4 is 24.8 Å². The van der Waals surface area contributed by atoms with Gasteiger partial charge in [0, 0.05) is 24.5 Å². The highest BCUT2D eigenvalue weighted by Crippen LogP contribution is 2.38. The van der Waals surface area contributed by atoms with E-state index in [4.69, 9.17) is 14.2 Å². The van der Waals surface area contributed by atoms with Gasteiger partial charge in [0.25, 0.3) is 0 Å². The molecule has 3 rings (SSSR count). The van der Waals surface area contributed by atoms with Crippen LogP contribution in [0.5, 0.6) is 17.2 Å². The molecule has 2 saturated heterocycles. The second-order valence-electron chi connectivity index (χ2n) is 6.91. The summed E-state index contributed by atoms with van der Waals surface area (Å²) >= 11 is 0. The van der Waals surface area contributed by atoms with Gasteiger partial charge >= 0.3 is 0 Å². The topological polar surface area (TPSA) is 68.8 Å². The molecular formula is C19H28N2O4. The van der Waals surface area contributed by atoms with E-state index in [1.54, 1.807) is 21.3 Å². The average molecular weight is 348 g/mol. The normalized spacial score (nSPS) is 24.7. The van der Waals surface area contributed by atoms with Crippen LogP contribution in [0.3, 0.4) is 0 Å². The molecule has 0 aliphatic carbocycles. The van der Waals surface area contributed by atoms with E-state index in [2.05, 4.69) is 10.6 Å². The number of amides is 1. The van der Waals surface area contributed by atoms with Gasteiger partial charge in [0.2, 0.25) is 11.7 Å². The molecule has 2 aliphatic heterocycles. The van der Waals surface area contributed by atoms with E-state index in [0.717, 1.165) is 18.4 Å². The van der Waals surface area contributed by atoms with E-state index >= 15 is 0 Å². The standard InChI is InChI=1S/C19H28N2O4/c1-23-16-8-12(9-17(24-2)19(16)25-3)4-7-18(22)21-15-10-13-5-6-14(11-15)20-13/h8-9,13-15,20H,4-7,10-11H2,1-3H3,(H,21,22). The molecule has 2 heterocycles. The van der Waals surface area contributed by atoms with E-state index in [-0.39, 0.29) is 5.91 Å². The van der Waals surface area contributed by atoms with E-state index < -0.39 is 0 Å². The maximum atomic E-state index is 12.3. The number of nitrogens with one attached hydrogen (secondary N) is 2. The maximum absolute atomic E-state index is 12.3. The second kappa shape index (κ2) is 7.95. The molecule has 25 heavy (non-hydrogen) atoms. The van der Waals surface area contributed by atoms with Crippen molar-refractivity contribution in [3.8, 4) is 17.2 Å². The Morgan fingerprint density at radius 2 is 1.68 bits per heavy atom. The van der Waals surface area contributed by atoms with E-state index in [0.29, 0.717) is 48.2 Å². The third-order valence-electron chi connectivity index (χ3n) is 5.20. The first-order valence-corrected chi connectivity index (χ1v) is 8.97. The van der Waals surface area contributed by atoms with Gasteiger partial charge in [0.15, 0.2) is 11.5 Å². The Balaban J connectivity index is 1.56. The summed E-state index contributed by atoms with van der Waals surface area (Å²) in [5.74, 6) is 1.92. The Bertz CT molecular complexity index is 582. The fourth-order valence-electron chi connectivity index (χ4n) is 4.01. The van der Waals surface area contributed by atoms with Crippen molar-refractivity contribution in [2.45, 2.75) is 56.7 Å². The van der Waals surface area contributed by atoms with E-state index in [9.17, 15) is 4.79 Å². The van der Waals surface area contributed by atoms with Crippen molar-refractivity contribution < 1.29 is 19.0 Å². The number of carbonyl (C=O) groups is 1. The lowest BCUT2D eigenvalue weighted by Gasteiger charge is -2.29. The van der Waals surface area contributed by atoms with Crippen molar-refractivity contribution in [1.29, 1.82) is 0 Å². The highest BCUT2D eigenvalue weighted by atomic mass is 16.5. The Hall–Kier alpha value is -1.95. The summed E-state index contributed by atoms with van der Waals surface area (Å²) in [4.78, 5) is 12.3. The van der Waals surface area contributed by atoms with Crippen LogP contribution in [0.1, 0.15) is 37.7 Å². The van der Waals surface area contributed by atoms with Crippen molar-refractivity contribution in [3.05, 3.63) is 17.7 Å². The number of methoxy groups -OCH3 is 3. The summed E-state index contributed by atoms with van der Waals surface area (Å²) in [7, 11) is 4.78.